The van der Waals surface area contributed by atoms with E-state index in [9.17, 15) is 0 Å². The van der Waals surface area contributed by atoms with Gasteiger partial charge in [-0.25, -0.2) is 0 Å². The van der Waals surface area contributed by atoms with Crippen LogP contribution < -0.4 is 16.0 Å². The maximum atomic E-state index is 4.32. The Morgan fingerprint density at radius 3 is 2.56 bits per heavy atom. The number of pyridine rings is 1. The van der Waals surface area contributed by atoms with Crippen LogP contribution in [0.1, 0.15) is 19.7 Å². The lowest BCUT2D eigenvalue weighted by molar-refractivity contribution is 0.512. The summed E-state index contributed by atoms with van der Waals surface area (Å²) in [4.78, 5) is 4.32. The first kappa shape index (κ1) is 18.7. The van der Waals surface area contributed by atoms with E-state index in [0.29, 0.717) is 12.5 Å². The maximum Gasteiger partial charge on any atom is 0.191 e. The van der Waals surface area contributed by atoms with Crippen molar-refractivity contribution in [2.24, 2.45) is 10.9 Å². The van der Waals surface area contributed by atoms with Crippen LogP contribution in [0.15, 0.2) is 59.7 Å². The van der Waals surface area contributed by atoms with Crippen LogP contribution in [-0.2, 0) is 6.54 Å². The van der Waals surface area contributed by atoms with Crippen molar-refractivity contribution in [1.82, 2.24) is 25.2 Å². The molecule has 1 aromatic carbocycles. The molecule has 0 fully saturated rings. The molecule has 3 N–H and O–H groups in total. The van der Waals surface area contributed by atoms with E-state index in [1.54, 1.807) is 7.05 Å². The molecule has 27 heavy (non-hydrogen) atoms. The molecule has 3 aromatic rings. The molecule has 2 heterocycles. The quantitative estimate of drug-likeness (QED) is 0.443. The van der Waals surface area contributed by atoms with Crippen molar-refractivity contribution in [1.29, 1.82) is 0 Å². The molecule has 0 bridgehead atoms. The van der Waals surface area contributed by atoms with Crippen LogP contribution in [0.4, 0.5) is 5.69 Å². The molecule has 0 saturated heterocycles. The number of hydrogen-bond acceptors (Lipinski definition) is 4. The van der Waals surface area contributed by atoms with E-state index in [-0.39, 0.29) is 6.04 Å². The second-order valence-electron chi connectivity index (χ2n) is 6.71. The Labute approximate surface area is 159 Å². The predicted octanol–water partition coefficient (Wildman–Crippen LogP) is 2.53. The Morgan fingerprint density at radius 2 is 1.81 bits per heavy atom. The zero-order valence-electron chi connectivity index (χ0n) is 16.1. The number of guanidine groups is 1. The van der Waals surface area contributed by atoms with Crippen LogP contribution in [-0.4, -0.2) is 40.2 Å². The molecular formula is C20H27N7. The van der Waals surface area contributed by atoms with Gasteiger partial charge in [0.25, 0.3) is 0 Å². The fourth-order valence-corrected chi connectivity index (χ4v) is 2.80. The molecule has 2 aromatic heterocycles. The van der Waals surface area contributed by atoms with Gasteiger partial charge in [0.1, 0.15) is 0 Å². The first-order valence-corrected chi connectivity index (χ1v) is 9.22. The highest BCUT2D eigenvalue weighted by Gasteiger charge is 2.14. The zero-order valence-corrected chi connectivity index (χ0v) is 16.1. The van der Waals surface area contributed by atoms with Crippen molar-refractivity contribution in [3.63, 3.8) is 0 Å². The van der Waals surface area contributed by atoms with Gasteiger partial charge >= 0.3 is 0 Å². The minimum atomic E-state index is 0.278. The van der Waals surface area contributed by atoms with Gasteiger partial charge in [0, 0.05) is 31.5 Å². The summed E-state index contributed by atoms with van der Waals surface area (Å²) in [7, 11) is 1.77. The summed E-state index contributed by atoms with van der Waals surface area (Å²) >= 11 is 0. The molecule has 0 aliphatic rings. The number of benzene rings is 1. The second kappa shape index (κ2) is 9.02. The fourth-order valence-electron chi connectivity index (χ4n) is 2.80. The zero-order chi connectivity index (χ0) is 19.1. The first-order chi connectivity index (χ1) is 13.2. The summed E-state index contributed by atoms with van der Waals surface area (Å²) in [5.74, 6) is 2.05. The van der Waals surface area contributed by atoms with Crippen LogP contribution >= 0.6 is 0 Å². The van der Waals surface area contributed by atoms with Crippen molar-refractivity contribution in [3.8, 4) is 0 Å². The molecule has 0 spiro atoms. The van der Waals surface area contributed by atoms with Gasteiger partial charge in [0.15, 0.2) is 17.4 Å². The van der Waals surface area contributed by atoms with Crippen LogP contribution in [0, 0.1) is 5.92 Å². The number of hydrogen-bond donors (Lipinski definition) is 3. The summed E-state index contributed by atoms with van der Waals surface area (Å²) < 4.78 is 1.97. The van der Waals surface area contributed by atoms with Crippen LogP contribution in [0.5, 0.6) is 0 Å². The maximum absolute atomic E-state index is 4.32. The standard InChI is InChI=1S/C20H27N7/c1-15(2)17(24-16-9-5-4-6-10-16)13-22-20(21-3)23-14-19-26-25-18-11-7-8-12-27(18)19/h4-12,15,17,24H,13-14H2,1-3H3,(H2,21,22,23). The Bertz CT molecular complexity index is 870. The molecular weight excluding hydrogens is 338 g/mol. The van der Waals surface area contributed by atoms with E-state index in [4.69, 9.17) is 0 Å². The second-order valence-corrected chi connectivity index (χ2v) is 6.71. The topological polar surface area (TPSA) is 78.6 Å². The fraction of sp³-hybridized carbons (Fsp3) is 0.350. The van der Waals surface area contributed by atoms with E-state index >= 15 is 0 Å². The third kappa shape index (κ3) is 4.97. The van der Waals surface area contributed by atoms with Crippen molar-refractivity contribution in [3.05, 3.63) is 60.6 Å². The number of rotatable bonds is 7. The average molecular weight is 365 g/mol. The summed E-state index contributed by atoms with van der Waals surface area (Å²) in [5.41, 5.74) is 1.96. The Balaban J connectivity index is 1.56. The van der Waals surface area contributed by atoms with Crippen molar-refractivity contribution >= 4 is 17.3 Å². The summed E-state index contributed by atoms with van der Waals surface area (Å²) in [6.45, 7) is 5.72. The molecule has 0 radical (unpaired) electrons. The van der Waals surface area contributed by atoms with Gasteiger partial charge in [-0.2, -0.15) is 0 Å². The Kier molecular flexibility index (Phi) is 6.25. The highest BCUT2D eigenvalue weighted by Crippen LogP contribution is 2.11. The number of nitrogens with one attached hydrogen (secondary N) is 3. The molecule has 142 valence electrons. The number of aromatic nitrogens is 3. The van der Waals surface area contributed by atoms with E-state index in [1.807, 2.05) is 47.0 Å². The lowest BCUT2D eigenvalue weighted by Crippen LogP contribution is -2.44. The van der Waals surface area contributed by atoms with Crippen molar-refractivity contribution in [2.45, 2.75) is 26.4 Å². The monoisotopic (exact) mass is 365 g/mol. The van der Waals surface area contributed by atoms with Crippen molar-refractivity contribution < 1.29 is 0 Å². The molecule has 3 rings (SSSR count). The molecule has 7 nitrogen and oxygen atoms in total. The van der Waals surface area contributed by atoms with Gasteiger partial charge in [0.05, 0.1) is 6.54 Å². The number of aliphatic imine (C=N–C) groups is 1. The van der Waals surface area contributed by atoms with Crippen LogP contribution in [0.2, 0.25) is 0 Å². The normalized spacial score (nSPS) is 13.0. The summed E-state index contributed by atoms with van der Waals surface area (Å²) in [5, 5.41) is 18.7. The van der Waals surface area contributed by atoms with E-state index < -0.39 is 0 Å². The van der Waals surface area contributed by atoms with E-state index in [2.05, 4.69) is 57.1 Å². The van der Waals surface area contributed by atoms with Gasteiger partial charge in [-0.05, 0) is 30.2 Å². The molecule has 1 atom stereocenters. The molecule has 7 heteroatoms. The lowest BCUT2D eigenvalue weighted by Gasteiger charge is -2.25. The molecule has 1 unspecified atom stereocenters. The highest BCUT2D eigenvalue weighted by molar-refractivity contribution is 5.79. The predicted molar refractivity (Wildman–Crippen MR) is 110 cm³/mol. The largest absolute Gasteiger partial charge is 0.380 e. The third-order valence-electron chi connectivity index (χ3n) is 4.44. The number of nitrogens with zero attached hydrogens (tertiary/aromatic N) is 4. The number of anilines is 1. The minimum absolute atomic E-state index is 0.278. The number of fused-ring (bicyclic) bond motifs is 1. The summed E-state index contributed by atoms with van der Waals surface area (Å²) in [6, 6.07) is 16.4. The lowest BCUT2D eigenvalue weighted by atomic mass is 10.0. The average Bonchev–Trinajstić information content (AvgIpc) is 3.11. The van der Waals surface area contributed by atoms with Gasteiger partial charge in [0.2, 0.25) is 0 Å². The van der Waals surface area contributed by atoms with Gasteiger partial charge in [-0.3, -0.25) is 9.39 Å². The molecule has 0 aliphatic heterocycles. The van der Waals surface area contributed by atoms with Crippen molar-refractivity contribution in [2.75, 3.05) is 18.9 Å². The van der Waals surface area contributed by atoms with Crippen LogP contribution in [0.3, 0.4) is 0 Å². The summed E-state index contributed by atoms with van der Waals surface area (Å²) in [6.07, 6.45) is 1.96. The Hall–Kier alpha value is -3.09. The Morgan fingerprint density at radius 1 is 1.04 bits per heavy atom. The highest BCUT2D eigenvalue weighted by atomic mass is 15.3. The first-order valence-electron chi connectivity index (χ1n) is 9.22. The van der Waals surface area contributed by atoms with Crippen LogP contribution in [0.25, 0.3) is 5.65 Å². The van der Waals surface area contributed by atoms with Gasteiger partial charge in [-0.15, -0.1) is 10.2 Å². The number of para-hydroxylation sites is 1. The molecule has 0 aliphatic carbocycles. The van der Waals surface area contributed by atoms with Gasteiger partial charge in [-0.1, -0.05) is 38.1 Å². The minimum Gasteiger partial charge on any atom is -0.380 e. The molecule has 0 amide bonds. The van der Waals surface area contributed by atoms with E-state index in [1.165, 1.54) is 0 Å². The SMILES string of the molecule is CN=C(NCc1nnc2ccccn12)NCC(Nc1ccccc1)C(C)C. The third-order valence-corrected chi connectivity index (χ3v) is 4.44. The van der Waals surface area contributed by atoms with Gasteiger partial charge < -0.3 is 16.0 Å². The smallest absolute Gasteiger partial charge is 0.191 e. The molecule has 0 saturated carbocycles. The van der Waals surface area contributed by atoms with E-state index in [0.717, 1.165) is 29.7 Å².